The van der Waals surface area contributed by atoms with E-state index in [1.807, 2.05) is 30.3 Å². The zero-order valence-electron chi connectivity index (χ0n) is 40.2. The van der Waals surface area contributed by atoms with E-state index in [0.717, 1.165) is 66.7 Å². The molecule has 1 radical (unpaired) electrons. The average molecular weight is 1040 g/mol. The number of fused-ring (bicyclic) bond motifs is 4. The van der Waals surface area contributed by atoms with Gasteiger partial charge in [-0.1, -0.05) is 160 Å². The fourth-order valence-corrected chi connectivity index (χ4v) is 8.71. The van der Waals surface area contributed by atoms with Gasteiger partial charge in [0, 0.05) is 41.5 Å². The van der Waals surface area contributed by atoms with Crippen LogP contribution in [0.3, 0.4) is 0 Å². The number of aromatic nitrogens is 3. The van der Waals surface area contributed by atoms with Crippen LogP contribution in [0.4, 0.5) is 0 Å². The van der Waals surface area contributed by atoms with E-state index in [4.69, 9.17) is 13.5 Å². The molecule has 0 bridgehead atoms. The summed E-state index contributed by atoms with van der Waals surface area (Å²) in [6, 6.07) is 71.2. The van der Waals surface area contributed by atoms with Crippen molar-refractivity contribution in [1.29, 1.82) is 0 Å². The molecule has 4 nitrogen and oxygen atoms in total. The van der Waals surface area contributed by atoms with E-state index in [0.29, 0.717) is 0 Å². The topological polar surface area (TPSA) is 43.9 Å². The van der Waals surface area contributed by atoms with Crippen molar-refractivity contribution in [1.82, 2.24) is 14.5 Å². The zero-order chi connectivity index (χ0) is 46.9. The number of pyridine rings is 1. The maximum absolute atomic E-state index is 7.23. The Morgan fingerprint density at radius 2 is 1.18 bits per heavy atom. The van der Waals surface area contributed by atoms with Gasteiger partial charge in [0.05, 0.1) is 22.4 Å². The van der Waals surface area contributed by atoms with Crippen LogP contribution < -0.4 is 0 Å². The summed E-state index contributed by atoms with van der Waals surface area (Å²) >= 11 is 0. The molecular formula is C61H49IrN3O-2. The third-order valence-corrected chi connectivity index (χ3v) is 12.0. The Balaban J connectivity index is 0.000000296. The molecule has 0 amide bonds. The van der Waals surface area contributed by atoms with Crippen LogP contribution in [0.5, 0.6) is 0 Å². The largest absolute Gasteiger partial charge is 0.501 e. The van der Waals surface area contributed by atoms with Gasteiger partial charge in [-0.15, -0.1) is 54.1 Å². The molecule has 0 aliphatic rings. The van der Waals surface area contributed by atoms with Crippen molar-refractivity contribution in [3.8, 4) is 61.7 Å². The molecule has 325 valence electrons. The van der Waals surface area contributed by atoms with Crippen LogP contribution in [0, 0.1) is 19.0 Å². The van der Waals surface area contributed by atoms with E-state index >= 15 is 0 Å². The SMILES string of the molecule is CC(C)c1cc(-c2ccc(-c3ccccc3)cc2)cc(C(C)C)c1-n1c(-c2[c-]ccc3c2oc2cc(-c4ccccc4)ccc23)nc2ccccc21.[2H]C([2H])([2H])c1ccc(-c2[c-]cccc2)nc1.[Ir]. The summed E-state index contributed by atoms with van der Waals surface area (Å²) in [7, 11) is 0. The minimum absolute atomic E-state index is 0. The third-order valence-electron chi connectivity index (χ3n) is 12.0. The number of hydrogen-bond acceptors (Lipinski definition) is 3. The van der Waals surface area contributed by atoms with Crippen LogP contribution in [0.1, 0.15) is 60.3 Å². The average Bonchev–Trinajstić information content (AvgIpc) is 3.95. The molecule has 66 heavy (non-hydrogen) atoms. The van der Waals surface area contributed by atoms with Crippen molar-refractivity contribution in [2.75, 3.05) is 0 Å². The first-order chi connectivity index (χ1) is 33.0. The van der Waals surface area contributed by atoms with Gasteiger partial charge in [0.2, 0.25) is 0 Å². The second-order valence-corrected chi connectivity index (χ2v) is 17.0. The predicted octanol–water partition coefficient (Wildman–Crippen LogP) is 16.5. The molecule has 8 aromatic carbocycles. The molecule has 0 fully saturated rings. The molecule has 0 atom stereocenters. The summed E-state index contributed by atoms with van der Waals surface area (Å²) in [6.07, 6.45) is 1.39. The van der Waals surface area contributed by atoms with E-state index in [2.05, 4.69) is 189 Å². The van der Waals surface area contributed by atoms with Crippen molar-refractivity contribution < 1.29 is 28.6 Å². The van der Waals surface area contributed by atoms with Crippen LogP contribution in [-0.4, -0.2) is 14.5 Å². The number of rotatable bonds is 8. The summed E-state index contributed by atoms with van der Waals surface area (Å²) in [5.41, 5.74) is 17.3. The summed E-state index contributed by atoms with van der Waals surface area (Å²) in [4.78, 5) is 9.46. The number of para-hydroxylation sites is 2. The van der Waals surface area contributed by atoms with Crippen LogP contribution in [0.15, 0.2) is 199 Å². The fourth-order valence-electron chi connectivity index (χ4n) is 8.71. The Labute approximate surface area is 405 Å². The molecule has 3 heterocycles. The van der Waals surface area contributed by atoms with Crippen molar-refractivity contribution in [2.24, 2.45) is 0 Å². The third kappa shape index (κ3) is 8.68. The summed E-state index contributed by atoms with van der Waals surface area (Å²) < 4.78 is 30.8. The van der Waals surface area contributed by atoms with Gasteiger partial charge in [0.25, 0.3) is 0 Å². The first-order valence-corrected chi connectivity index (χ1v) is 22.2. The first-order valence-electron chi connectivity index (χ1n) is 23.7. The van der Waals surface area contributed by atoms with Gasteiger partial charge >= 0.3 is 0 Å². The van der Waals surface area contributed by atoms with E-state index in [1.54, 1.807) is 18.2 Å². The van der Waals surface area contributed by atoms with Gasteiger partial charge < -0.3 is 14.0 Å². The molecule has 0 aliphatic carbocycles. The summed E-state index contributed by atoms with van der Waals surface area (Å²) in [5.74, 6) is 1.35. The van der Waals surface area contributed by atoms with E-state index in [-0.39, 0.29) is 37.5 Å². The Bertz CT molecular complexity index is 3500. The minimum atomic E-state index is -2.09. The predicted molar refractivity (Wildman–Crippen MR) is 270 cm³/mol. The molecule has 3 aromatic heterocycles. The molecule has 5 heteroatoms. The molecular weight excluding hydrogens is 983 g/mol. The van der Waals surface area contributed by atoms with Gasteiger partial charge in [-0.25, -0.2) is 0 Å². The number of aryl methyl sites for hydroxylation is 1. The summed E-state index contributed by atoms with van der Waals surface area (Å²) in [6.45, 7) is 7.08. The Morgan fingerprint density at radius 3 is 1.82 bits per heavy atom. The normalized spacial score (nSPS) is 12.1. The Morgan fingerprint density at radius 1 is 0.561 bits per heavy atom. The van der Waals surface area contributed by atoms with Crippen molar-refractivity contribution in [3.05, 3.63) is 223 Å². The molecule has 0 saturated heterocycles. The van der Waals surface area contributed by atoms with Crippen molar-refractivity contribution >= 4 is 33.0 Å². The number of benzene rings is 8. The fraction of sp³-hybridized carbons (Fsp3) is 0.115. The van der Waals surface area contributed by atoms with Crippen LogP contribution in [0.2, 0.25) is 0 Å². The zero-order valence-corrected chi connectivity index (χ0v) is 39.6. The van der Waals surface area contributed by atoms with Crippen molar-refractivity contribution in [2.45, 2.75) is 46.4 Å². The molecule has 11 rings (SSSR count). The first kappa shape index (κ1) is 40.3. The second kappa shape index (κ2) is 19.1. The smallest absolute Gasteiger partial charge is 0.121 e. The minimum Gasteiger partial charge on any atom is -0.501 e. The van der Waals surface area contributed by atoms with Crippen LogP contribution >= 0.6 is 0 Å². The number of nitrogens with zero attached hydrogens (tertiary/aromatic N) is 3. The van der Waals surface area contributed by atoms with Crippen molar-refractivity contribution in [3.63, 3.8) is 0 Å². The van der Waals surface area contributed by atoms with Gasteiger partial charge in [-0.3, -0.25) is 4.98 Å². The molecule has 0 unspecified atom stereocenters. The van der Waals surface area contributed by atoms with Crippen LogP contribution in [-0.2, 0) is 20.1 Å². The molecule has 0 spiro atoms. The van der Waals surface area contributed by atoms with E-state index < -0.39 is 6.85 Å². The molecule has 0 N–H and O–H groups in total. The second-order valence-electron chi connectivity index (χ2n) is 17.0. The number of hydrogen-bond donors (Lipinski definition) is 0. The standard InChI is InChI=1S/C49H39N2O.C12H10N.Ir/c1-31(2)42-28-38(36-24-22-35(23-25-36)33-14-7-5-8-15-33)29-43(32(3)4)47(42)51-45-21-12-11-20-44(45)50-49(51)41-19-13-18-40-39-27-26-37(30-46(39)52-48(40)41)34-16-9-6-10-17-34;1-10-7-8-12(13-9-10)11-5-3-2-4-6-11;/h5-18,20-32H,1-4H3;2-5,7-9H,1H3;/q2*-1;/i;1D3;. The quantitative estimate of drug-likeness (QED) is 0.142. The van der Waals surface area contributed by atoms with Gasteiger partial charge in [0.1, 0.15) is 5.58 Å². The van der Waals surface area contributed by atoms with Gasteiger partial charge in [-0.05, 0) is 105 Å². The molecule has 0 saturated carbocycles. The molecule has 11 aromatic rings. The van der Waals surface area contributed by atoms with Crippen LogP contribution in [0.25, 0.3) is 94.7 Å². The maximum atomic E-state index is 7.23. The monoisotopic (exact) mass is 1040 g/mol. The van der Waals surface area contributed by atoms with E-state index in [1.165, 1.54) is 45.3 Å². The maximum Gasteiger partial charge on any atom is 0.121 e. The summed E-state index contributed by atoms with van der Waals surface area (Å²) in [5, 5.41) is 2.14. The van der Waals surface area contributed by atoms with Gasteiger partial charge in [-0.2, -0.15) is 0 Å². The number of imidazole rings is 1. The Kier molecular flexibility index (Phi) is 11.7. The van der Waals surface area contributed by atoms with E-state index in [9.17, 15) is 0 Å². The molecule has 0 aliphatic heterocycles. The number of furan rings is 1. The Hall–Kier alpha value is -7.17. The van der Waals surface area contributed by atoms with Gasteiger partial charge in [0.15, 0.2) is 0 Å².